The van der Waals surface area contributed by atoms with Crippen LogP contribution >= 0.6 is 0 Å². The minimum Gasteiger partial charge on any atom is -0.329 e. The van der Waals surface area contributed by atoms with Crippen LogP contribution in [-0.4, -0.2) is 35.3 Å². The average Bonchev–Trinajstić information content (AvgIpc) is 3.02. The van der Waals surface area contributed by atoms with Gasteiger partial charge in [0.2, 0.25) is 5.91 Å². The van der Waals surface area contributed by atoms with Crippen LogP contribution in [0, 0.1) is 11.3 Å². The maximum absolute atomic E-state index is 13.0. The molecule has 1 saturated carbocycles. The Kier molecular flexibility index (Phi) is 6.25. The van der Waals surface area contributed by atoms with Crippen molar-refractivity contribution in [2.75, 3.05) is 6.54 Å². The monoisotopic (exact) mass is 423 g/mol. The van der Waals surface area contributed by atoms with Crippen LogP contribution in [0.3, 0.4) is 0 Å². The second-order valence-corrected chi connectivity index (χ2v) is 10.9. The highest BCUT2D eigenvalue weighted by Gasteiger charge is 2.38. The van der Waals surface area contributed by atoms with Gasteiger partial charge in [-0.25, -0.2) is 0 Å². The van der Waals surface area contributed by atoms with Crippen molar-refractivity contribution >= 4 is 11.8 Å². The molecule has 2 amide bonds. The first-order valence-electron chi connectivity index (χ1n) is 11.9. The van der Waals surface area contributed by atoms with Crippen LogP contribution in [0.25, 0.3) is 0 Å². The first-order valence-corrected chi connectivity index (χ1v) is 11.9. The number of carbonyl (C=O) groups excluding carboxylic acids is 2. The predicted molar refractivity (Wildman–Crippen MR) is 124 cm³/mol. The lowest BCUT2D eigenvalue weighted by molar-refractivity contribution is -0.126. The van der Waals surface area contributed by atoms with Crippen LogP contribution in [0.4, 0.5) is 0 Å². The van der Waals surface area contributed by atoms with E-state index in [2.05, 4.69) is 50.1 Å². The number of benzene rings is 1. The van der Waals surface area contributed by atoms with Gasteiger partial charge >= 0.3 is 0 Å². The van der Waals surface area contributed by atoms with Crippen molar-refractivity contribution in [3.63, 3.8) is 0 Å². The van der Waals surface area contributed by atoms with Gasteiger partial charge < -0.3 is 15.5 Å². The van der Waals surface area contributed by atoms with Crippen LogP contribution in [0.5, 0.6) is 0 Å². The summed E-state index contributed by atoms with van der Waals surface area (Å²) in [5.74, 6) is 0.515. The third-order valence-electron chi connectivity index (χ3n) is 7.00. The van der Waals surface area contributed by atoms with Crippen molar-refractivity contribution in [2.24, 2.45) is 11.3 Å². The summed E-state index contributed by atoms with van der Waals surface area (Å²) in [5, 5.41) is 6.65. The minimum absolute atomic E-state index is 0.0170. The maximum atomic E-state index is 13.0. The van der Waals surface area contributed by atoms with Crippen molar-refractivity contribution < 1.29 is 9.59 Å². The van der Waals surface area contributed by atoms with Gasteiger partial charge in [-0.3, -0.25) is 9.59 Å². The molecule has 2 fully saturated rings. The molecule has 1 aliphatic carbocycles. The summed E-state index contributed by atoms with van der Waals surface area (Å²) in [4.78, 5) is 27.1. The Morgan fingerprint density at radius 1 is 1.16 bits per heavy atom. The van der Waals surface area contributed by atoms with Crippen LogP contribution in [0.1, 0.15) is 80.8 Å². The molecule has 2 N–H and O–H groups in total. The summed E-state index contributed by atoms with van der Waals surface area (Å²) in [5.41, 5.74) is 4.16. The Balaban J connectivity index is 1.44. The second kappa shape index (κ2) is 8.78. The zero-order valence-electron chi connectivity index (χ0n) is 19.3. The molecule has 3 aliphatic rings. The van der Waals surface area contributed by atoms with Crippen LogP contribution in [0.15, 0.2) is 30.5 Å². The van der Waals surface area contributed by atoms with Crippen molar-refractivity contribution in [1.82, 2.24) is 15.5 Å². The smallest absolute Gasteiger partial charge is 0.255 e. The average molecular weight is 424 g/mol. The van der Waals surface area contributed by atoms with E-state index in [1.54, 1.807) is 4.90 Å². The first-order chi connectivity index (χ1) is 14.7. The number of piperidine rings is 1. The molecule has 3 atom stereocenters. The first kappa shape index (κ1) is 22.1. The van der Waals surface area contributed by atoms with Crippen LogP contribution in [-0.2, 0) is 17.8 Å². The van der Waals surface area contributed by atoms with Gasteiger partial charge in [-0.15, -0.1) is 0 Å². The van der Waals surface area contributed by atoms with E-state index in [-0.39, 0.29) is 17.2 Å². The Bertz CT molecular complexity index is 870. The Morgan fingerprint density at radius 3 is 2.68 bits per heavy atom. The largest absolute Gasteiger partial charge is 0.329 e. The summed E-state index contributed by atoms with van der Waals surface area (Å²) in [6.45, 7) is 12.3. The molecular formula is C26H37N3O2. The standard InChI is InChI=1S/C26H37N3O2/c1-17-9-12-23(24(30)28-17)29-15-20-14-18(10-11-21(20)25(29)31)13-19-7-5-6-8-22(19)27-16-26(2,3)4/h10-11,14,19,22-23,27H,1,5-9,12-13,15-16H2,2-4H3,(H,28,30)/t19-,22+,23?/m1/s1. The Morgan fingerprint density at radius 2 is 1.94 bits per heavy atom. The SMILES string of the molecule is C=C1CCC(N2Cc3cc(C[C@H]4CCCC[C@@H]4NCC(C)(C)C)ccc3C2=O)C(=O)N1. The van der Waals surface area contributed by atoms with Gasteiger partial charge in [0.1, 0.15) is 6.04 Å². The molecule has 5 heteroatoms. The number of allylic oxidation sites excluding steroid dienone is 1. The topological polar surface area (TPSA) is 61.4 Å². The van der Waals surface area contributed by atoms with Gasteiger partial charge in [-0.2, -0.15) is 0 Å². The number of rotatable bonds is 5. The molecule has 31 heavy (non-hydrogen) atoms. The Labute approximate surface area is 186 Å². The number of hydrogen-bond donors (Lipinski definition) is 2. The lowest BCUT2D eigenvalue weighted by atomic mass is 9.80. The number of carbonyl (C=O) groups is 2. The number of fused-ring (bicyclic) bond motifs is 1. The van der Waals surface area contributed by atoms with Crippen LogP contribution in [0.2, 0.25) is 0 Å². The lowest BCUT2D eigenvalue weighted by Crippen LogP contribution is -2.49. The molecule has 2 aliphatic heterocycles. The fourth-order valence-corrected chi connectivity index (χ4v) is 5.30. The molecule has 5 nitrogen and oxygen atoms in total. The predicted octanol–water partition coefficient (Wildman–Crippen LogP) is 4.17. The fraction of sp³-hybridized carbons (Fsp3) is 0.615. The second-order valence-electron chi connectivity index (χ2n) is 10.9. The Hall–Kier alpha value is -2.14. The summed E-state index contributed by atoms with van der Waals surface area (Å²) in [6, 6.07) is 6.49. The fourth-order valence-electron chi connectivity index (χ4n) is 5.30. The van der Waals surface area contributed by atoms with Crippen molar-refractivity contribution in [3.05, 3.63) is 47.2 Å². The molecule has 0 spiro atoms. The quantitative estimate of drug-likeness (QED) is 0.747. The van der Waals surface area contributed by atoms with E-state index < -0.39 is 6.04 Å². The van der Waals surface area contributed by atoms with Gasteiger partial charge in [0.25, 0.3) is 5.91 Å². The van der Waals surface area contributed by atoms with Gasteiger partial charge in [0.05, 0.1) is 0 Å². The van der Waals surface area contributed by atoms with E-state index in [0.717, 1.165) is 36.2 Å². The van der Waals surface area contributed by atoms with E-state index in [9.17, 15) is 9.59 Å². The van der Waals surface area contributed by atoms with Gasteiger partial charge in [-0.05, 0) is 60.6 Å². The lowest BCUT2D eigenvalue weighted by Gasteiger charge is -2.34. The van der Waals surface area contributed by atoms with Gasteiger partial charge in [-0.1, -0.05) is 52.3 Å². The van der Waals surface area contributed by atoms with E-state index in [1.807, 2.05) is 6.07 Å². The summed E-state index contributed by atoms with van der Waals surface area (Å²) >= 11 is 0. The molecule has 2 heterocycles. The summed E-state index contributed by atoms with van der Waals surface area (Å²) < 4.78 is 0. The normalized spacial score (nSPS) is 26.7. The van der Waals surface area contributed by atoms with E-state index >= 15 is 0 Å². The number of hydrogen-bond acceptors (Lipinski definition) is 3. The maximum Gasteiger partial charge on any atom is 0.255 e. The highest BCUT2D eigenvalue weighted by atomic mass is 16.2. The van der Waals surface area contributed by atoms with Crippen molar-refractivity contribution in [3.8, 4) is 0 Å². The molecule has 4 rings (SSSR count). The third kappa shape index (κ3) is 5.03. The number of nitrogens with one attached hydrogen (secondary N) is 2. The van der Waals surface area contributed by atoms with Gasteiger partial charge in [0, 0.05) is 30.4 Å². The number of amides is 2. The van der Waals surface area contributed by atoms with Gasteiger partial charge in [0.15, 0.2) is 0 Å². The highest BCUT2D eigenvalue weighted by Crippen LogP contribution is 2.32. The zero-order chi connectivity index (χ0) is 22.2. The molecule has 1 aromatic rings. The molecule has 1 aromatic carbocycles. The zero-order valence-corrected chi connectivity index (χ0v) is 19.3. The summed E-state index contributed by atoms with van der Waals surface area (Å²) in [7, 11) is 0. The summed E-state index contributed by atoms with van der Waals surface area (Å²) in [6.07, 6.45) is 7.55. The molecule has 0 bridgehead atoms. The number of nitrogens with zero attached hydrogens (tertiary/aromatic N) is 1. The van der Waals surface area contributed by atoms with E-state index in [1.165, 1.54) is 31.2 Å². The van der Waals surface area contributed by atoms with Crippen molar-refractivity contribution in [2.45, 2.75) is 84.3 Å². The molecular weight excluding hydrogens is 386 g/mol. The molecule has 1 saturated heterocycles. The molecule has 0 radical (unpaired) electrons. The molecule has 0 aromatic heterocycles. The van der Waals surface area contributed by atoms with E-state index in [4.69, 9.17) is 0 Å². The van der Waals surface area contributed by atoms with E-state index in [0.29, 0.717) is 24.9 Å². The van der Waals surface area contributed by atoms with Crippen molar-refractivity contribution in [1.29, 1.82) is 0 Å². The molecule has 168 valence electrons. The third-order valence-corrected chi connectivity index (χ3v) is 7.00. The minimum atomic E-state index is -0.391. The molecule has 1 unspecified atom stereocenters. The van der Waals surface area contributed by atoms with Crippen LogP contribution < -0.4 is 10.6 Å². The highest BCUT2D eigenvalue weighted by molar-refractivity contribution is 6.01.